The van der Waals surface area contributed by atoms with Crippen molar-refractivity contribution in [2.75, 3.05) is 11.9 Å². The van der Waals surface area contributed by atoms with Crippen LogP contribution in [-0.2, 0) is 0 Å². The van der Waals surface area contributed by atoms with Gasteiger partial charge in [0, 0.05) is 12.4 Å². The fraction of sp³-hybridized carbons (Fsp3) is 0.100. The maximum Gasteiger partial charge on any atom is 0.165 e. The molecule has 2 heterocycles. The maximum absolute atomic E-state index is 13.9. The summed E-state index contributed by atoms with van der Waals surface area (Å²) in [6.07, 6.45) is 5.28. The van der Waals surface area contributed by atoms with Crippen LogP contribution in [0.2, 0.25) is 0 Å². The van der Waals surface area contributed by atoms with E-state index in [0.29, 0.717) is 5.82 Å². The molecule has 1 atom stereocenters. The van der Waals surface area contributed by atoms with Gasteiger partial charge in [0.05, 0.1) is 15.8 Å². The number of nitrogens with zero attached hydrogens (tertiary/aromatic N) is 3. The molecular weight excluding hydrogens is 458 g/mol. The minimum atomic E-state index is -0.380. The molecule has 1 unspecified atom stereocenters. The number of halogens is 2. The first-order chi connectivity index (χ1) is 13.2. The van der Waals surface area contributed by atoms with Gasteiger partial charge in [0.1, 0.15) is 12.1 Å². The van der Waals surface area contributed by atoms with Crippen LogP contribution >= 0.6 is 22.6 Å². The molecule has 0 aliphatic heterocycles. The number of nitrogens with one attached hydrogen (secondary N) is 1. The van der Waals surface area contributed by atoms with E-state index in [1.165, 1.54) is 6.07 Å². The van der Waals surface area contributed by atoms with Crippen molar-refractivity contribution in [2.45, 2.75) is 6.04 Å². The second-order valence-electron chi connectivity index (χ2n) is 5.91. The van der Waals surface area contributed by atoms with Gasteiger partial charge in [0.15, 0.2) is 17.4 Å². The van der Waals surface area contributed by atoms with Gasteiger partial charge < -0.3 is 10.1 Å². The number of ether oxygens (including phenoxy) is 1. The van der Waals surface area contributed by atoms with Crippen molar-refractivity contribution in [1.29, 1.82) is 0 Å². The van der Waals surface area contributed by atoms with E-state index in [4.69, 9.17) is 4.74 Å². The number of aromatic nitrogens is 3. The average molecular weight is 474 g/mol. The van der Waals surface area contributed by atoms with E-state index in [-0.39, 0.29) is 24.2 Å². The Bertz CT molecular complexity index is 1050. The Morgan fingerprint density at radius 3 is 2.70 bits per heavy atom. The molecule has 0 saturated carbocycles. The largest absolute Gasteiger partial charge is 0.488 e. The molecule has 2 aromatic carbocycles. The zero-order chi connectivity index (χ0) is 18.6. The summed E-state index contributed by atoms with van der Waals surface area (Å²) in [4.78, 5) is 4.47. The Morgan fingerprint density at radius 2 is 1.89 bits per heavy atom. The summed E-state index contributed by atoms with van der Waals surface area (Å²) in [5.41, 5.74) is 1.91. The maximum atomic E-state index is 13.9. The third-order valence-corrected chi connectivity index (χ3v) is 4.93. The summed E-state index contributed by atoms with van der Waals surface area (Å²) >= 11 is 2.23. The van der Waals surface area contributed by atoms with Gasteiger partial charge in [-0.25, -0.2) is 13.9 Å². The van der Waals surface area contributed by atoms with Crippen LogP contribution in [0, 0.1) is 9.39 Å². The zero-order valence-electron chi connectivity index (χ0n) is 14.2. The number of rotatable bonds is 6. The lowest BCUT2D eigenvalue weighted by Crippen LogP contribution is -2.20. The number of para-hydroxylation sites is 1. The average Bonchev–Trinajstić information content (AvgIpc) is 3.09. The van der Waals surface area contributed by atoms with Crippen molar-refractivity contribution in [3.8, 4) is 5.75 Å². The first-order valence-corrected chi connectivity index (χ1v) is 9.47. The molecular formula is C20H16FIN4O. The van der Waals surface area contributed by atoms with Crippen LogP contribution in [-0.4, -0.2) is 21.2 Å². The molecule has 0 aliphatic carbocycles. The molecule has 0 spiro atoms. The van der Waals surface area contributed by atoms with Crippen molar-refractivity contribution in [2.24, 2.45) is 0 Å². The minimum absolute atomic E-state index is 0.213. The molecule has 0 aliphatic rings. The second-order valence-corrected chi connectivity index (χ2v) is 7.07. The second kappa shape index (κ2) is 7.91. The van der Waals surface area contributed by atoms with Crippen LogP contribution in [0.3, 0.4) is 0 Å². The number of fused-ring (bicyclic) bond motifs is 1. The van der Waals surface area contributed by atoms with E-state index in [0.717, 1.165) is 14.7 Å². The molecule has 4 aromatic rings. The SMILES string of the molecule is Fc1ccccc1OCC(Nc1nccn2ncc(I)c12)c1ccccc1. The molecule has 1 N–H and O–H groups in total. The Morgan fingerprint density at radius 1 is 1.11 bits per heavy atom. The molecule has 136 valence electrons. The molecule has 5 nitrogen and oxygen atoms in total. The Kier molecular flexibility index (Phi) is 5.19. The molecule has 0 amide bonds. The van der Waals surface area contributed by atoms with Crippen molar-refractivity contribution in [3.05, 3.63) is 88.1 Å². The van der Waals surface area contributed by atoms with Crippen LogP contribution < -0.4 is 10.1 Å². The van der Waals surface area contributed by atoms with Crippen LogP contribution in [0.25, 0.3) is 5.52 Å². The third-order valence-electron chi connectivity index (χ3n) is 4.14. The topological polar surface area (TPSA) is 51.5 Å². The summed E-state index contributed by atoms with van der Waals surface area (Å²) in [6.45, 7) is 0.248. The Labute approximate surface area is 169 Å². The highest BCUT2D eigenvalue weighted by molar-refractivity contribution is 14.1. The number of benzene rings is 2. The van der Waals surface area contributed by atoms with Crippen molar-refractivity contribution in [3.63, 3.8) is 0 Å². The molecule has 0 radical (unpaired) electrons. The fourth-order valence-electron chi connectivity index (χ4n) is 2.82. The normalized spacial score (nSPS) is 12.1. The Hall–Kier alpha value is -2.68. The fourth-order valence-corrected chi connectivity index (χ4v) is 3.45. The van der Waals surface area contributed by atoms with E-state index >= 15 is 0 Å². The van der Waals surface area contributed by atoms with Gasteiger partial charge in [-0.05, 0) is 40.3 Å². The quantitative estimate of drug-likeness (QED) is 0.412. The zero-order valence-corrected chi connectivity index (χ0v) is 16.4. The molecule has 2 aromatic heterocycles. The van der Waals surface area contributed by atoms with E-state index in [9.17, 15) is 4.39 Å². The summed E-state index contributed by atoms with van der Waals surface area (Å²) in [6, 6.07) is 16.1. The van der Waals surface area contributed by atoms with Gasteiger partial charge in [0.25, 0.3) is 0 Å². The van der Waals surface area contributed by atoms with Crippen molar-refractivity contribution >= 4 is 33.9 Å². The first-order valence-electron chi connectivity index (χ1n) is 8.39. The van der Waals surface area contributed by atoms with E-state index < -0.39 is 0 Å². The predicted molar refractivity (Wildman–Crippen MR) is 110 cm³/mol. The van der Waals surface area contributed by atoms with Gasteiger partial charge in [-0.3, -0.25) is 0 Å². The first kappa shape index (κ1) is 17.7. The molecule has 0 fully saturated rings. The Balaban J connectivity index is 1.64. The summed E-state index contributed by atoms with van der Waals surface area (Å²) in [5.74, 6) is 0.547. The number of anilines is 1. The van der Waals surface area contributed by atoms with Crippen molar-refractivity contribution < 1.29 is 9.13 Å². The standard InChI is InChI=1S/C20H16FIN4O/c21-15-8-4-5-9-18(15)27-13-17(14-6-2-1-3-7-14)25-20-19-16(22)12-24-26(19)11-10-23-20/h1-12,17H,13H2,(H,23,25). The lowest BCUT2D eigenvalue weighted by atomic mass is 10.1. The molecule has 27 heavy (non-hydrogen) atoms. The van der Waals surface area contributed by atoms with Crippen LogP contribution in [0.4, 0.5) is 10.2 Å². The monoisotopic (exact) mass is 474 g/mol. The summed E-state index contributed by atoms with van der Waals surface area (Å²) in [5, 5.41) is 7.74. The van der Waals surface area contributed by atoms with Gasteiger partial charge >= 0.3 is 0 Å². The van der Waals surface area contributed by atoms with Crippen LogP contribution in [0.1, 0.15) is 11.6 Å². The van der Waals surface area contributed by atoms with Gasteiger partial charge in [-0.1, -0.05) is 42.5 Å². The van der Waals surface area contributed by atoms with E-state index in [2.05, 4.69) is 38.0 Å². The highest BCUT2D eigenvalue weighted by Gasteiger charge is 2.17. The highest BCUT2D eigenvalue weighted by Crippen LogP contribution is 2.26. The van der Waals surface area contributed by atoms with Gasteiger partial charge in [0.2, 0.25) is 0 Å². The molecule has 4 rings (SSSR count). The third kappa shape index (κ3) is 3.87. The van der Waals surface area contributed by atoms with Gasteiger partial charge in [-0.2, -0.15) is 5.10 Å². The van der Waals surface area contributed by atoms with Crippen molar-refractivity contribution in [1.82, 2.24) is 14.6 Å². The van der Waals surface area contributed by atoms with E-state index in [1.807, 2.05) is 30.3 Å². The van der Waals surface area contributed by atoms with E-state index in [1.54, 1.807) is 41.3 Å². The lowest BCUT2D eigenvalue weighted by molar-refractivity contribution is 0.284. The smallest absolute Gasteiger partial charge is 0.165 e. The van der Waals surface area contributed by atoms with Gasteiger partial charge in [-0.15, -0.1) is 0 Å². The minimum Gasteiger partial charge on any atom is -0.488 e. The van der Waals surface area contributed by atoms with Crippen LogP contribution in [0.15, 0.2) is 73.2 Å². The molecule has 7 heteroatoms. The number of hydrogen-bond donors (Lipinski definition) is 1. The lowest BCUT2D eigenvalue weighted by Gasteiger charge is -2.21. The summed E-state index contributed by atoms with van der Waals surface area (Å²) in [7, 11) is 0. The number of hydrogen-bond acceptors (Lipinski definition) is 4. The highest BCUT2D eigenvalue weighted by atomic mass is 127. The molecule has 0 bridgehead atoms. The van der Waals surface area contributed by atoms with Crippen LogP contribution in [0.5, 0.6) is 5.75 Å². The summed E-state index contributed by atoms with van der Waals surface area (Å²) < 4.78 is 22.4. The predicted octanol–water partition coefficient (Wildman–Crippen LogP) is 4.71. The molecule has 0 saturated heterocycles.